The van der Waals surface area contributed by atoms with Crippen LogP contribution in [0.15, 0.2) is 10.6 Å². The van der Waals surface area contributed by atoms with Crippen molar-refractivity contribution >= 4 is 0 Å². The summed E-state index contributed by atoms with van der Waals surface area (Å²) >= 11 is 0. The molecule has 0 bridgehead atoms. The number of hydrogen-bond acceptors (Lipinski definition) is 3. The second kappa shape index (κ2) is 3.88. The third-order valence-corrected chi connectivity index (χ3v) is 4.24. The summed E-state index contributed by atoms with van der Waals surface area (Å²) in [7, 11) is 0. The molecule has 16 heavy (non-hydrogen) atoms. The molecule has 2 fully saturated rings. The highest BCUT2D eigenvalue weighted by atomic mass is 16.4. The van der Waals surface area contributed by atoms with Crippen molar-refractivity contribution in [2.45, 2.75) is 50.4 Å². The van der Waals surface area contributed by atoms with E-state index in [-0.39, 0.29) is 5.41 Å². The molecule has 1 saturated carbocycles. The number of rotatable bonds is 2. The van der Waals surface area contributed by atoms with Crippen molar-refractivity contribution < 1.29 is 4.42 Å². The molecule has 0 spiro atoms. The summed E-state index contributed by atoms with van der Waals surface area (Å²) in [5, 5.41) is 3.36. The van der Waals surface area contributed by atoms with Crippen LogP contribution in [-0.4, -0.2) is 18.1 Å². The van der Waals surface area contributed by atoms with Crippen LogP contribution in [0.2, 0.25) is 0 Å². The standard InChI is InChI=1S/C13H20N2O/c1-13(5-2-3-6-13)11-9-15-12(16-11)10-4-7-14-8-10/h9-10,14H,2-8H2,1H3. The van der Waals surface area contributed by atoms with Gasteiger partial charge < -0.3 is 9.73 Å². The fourth-order valence-corrected chi connectivity index (χ4v) is 3.02. The van der Waals surface area contributed by atoms with Crippen LogP contribution in [0.25, 0.3) is 0 Å². The van der Waals surface area contributed by atoms with Gasteiger partial charge in [0.25, 0.3) is 0 Å². The van der Waals surface area contributed by atoms with Crippen molar-refractivity contribution in [1.82, 2.24) is 10.3 Å². The van der Waals surface area contributed by atoms with Gasteiger partial charge in [0.05, 0.1) is 6.20 Å². The van der Waals surface area contributed by atoms with Gasteiger partial charge in [0.1, 0.15) is 5.76 Å². The van der Waals surface area contributed by atoms with E-state index in [0.717, 1.165) is 31.2 Å². The zero-order valence-corrected chi connectivity index (χ0v) is 9.96. The first kappa shape index (κ1) is 10.3. The number of hydrogen-bond donors (Lipinski definition) is 1. The van der Waals surface area contributed by atoms with E-state index in [1.807, 2.05) is 6.20 Å². The molecule has 1 aliphatic heterocycles. The predicted molar refractivity (Wildman–Crippen MR) is 62.6 cm³/mol. The Morgan fingerprint density at radius 1 is 1.44 bits per heavy atom. The van der Waals surface area contributed by atoms with E-state index in [1.54, 1.807) is 0 Å². The van der Waals surface area contributed by atoms with Crippen LogP contribution in [0.4, 0.5) is 0 Å². The second-order valence-electron chi connectivity index (χ2n) is 5.52. The maximum Gasteiger partial charge on any atom is 0.198 e. The summed E-state index contributed by atoms with van der Waals surface area (Å²) in [6, 6.07) is 0. The van der Waals surface area contributed by atoms with E-state index in [4.69, 9.17) is 4.42 Å². The summed E-state index contributed by atoms with van der Waals surface area (Å²) < 4.78 is 6.00. The van der Waals surface area contributed by atoms with Gasteiger partial charge in [-0.15, -0.1) is 0 Å². The molecule has 1 N–H and O–H groups in total. The third kappa shape index (κ3) is 1.67. The van der Waals surface area contributed by atoms with Gasteiger partial charge in [-0.2, -0.15) is 0 Å². The Morgan fingerprint density at radius 2 is 2.25 bits per heavy atom. The van der Waals surface area contributed by atoms with Crippen molar-refractivity contribution in [1.29, 1.82) is 0 Å². The van der Waals surface area contributed by atoms with Crippen molar-refractivity contribution in [3.8, 4) is 0 Å². The van der Waals surface area contributed by atoms with Gasteiger partial charge in [-0.05, 0) is 25.8 Å². The molecule has 3 nitrogen and oxygen atoms in total. The van der Waals surface area contributed by atoms with Crippen LogP contribution in [-0.2, 0) is 5.41 Å². The van der Waals surface area contributed by atoms with Gasteiger partial charge in [-0.3, -0.25) is 0 Å². The van der Waals surface area contributed by atoms with Gasteiger partial charge in [-0.25, -0.2) is 4.98 Å². The zero-order chi connectivity index (χ0) is 11.0. The fraction of sp³-hybridized carbons (Fsp3) is 0.769. The summed E-state index contributed by atoms with van der Waals surface area (Å²) in [5.74, 6) is 2.57. The molecule has 0 radical (unpaired) electrons. The number of aromatic nitrogens is 1. The van der Waals surface area contributed by atoms with Gasteiger partial charge in [-0.1, -0.05) is 19.8 Å². The van der Waals surface area contributed by atoms with Gasteiger partial charge >= 0.3 is 0 Å². The summed E-state index contributed by atoms with van der Waals surface area (Å²) in [5.41, 5.74) is 0.261. The second-order valence-corrected chi connectivity index (χ2v) is 5.52. The van der Waals surface area contributed by atoms with E-state index in [2.05, 4.69) is 17.2 Å². The molecule has 3 rings (SSSR count). The van der Waals surface area contributed by atoms with E-state index in [1.165, 1.54) is 25.7 Å². The maximum absolute atomic E-state index is 6.00. The normalized spacial score (nSPS) is 28.7. The Morgan fingerprint density at radius 3 is 2.94 bits per heavy atom. The lowest BCUT2D eigenvalue weighted by Crippen LogP contribution is -2.15. The number of oxazole rings is 1. The van der Waals surface area contributed by atoms with Crippen LogP contribution in [0.5, 0.6) is 0 Å². The molecular formula is C13H20N2O. The Kier molecular flexibility index (Phi) is 2.51. The molecule has 0 amide bonds. The van der Waals surface area contributed by atoms with Crippen LogP contribution in [0.3, 0.4) is 0 Å². The molecule has 2 aliphatic rings. The van der Waals surface area contributed by atoms with Crippen molar-refractivity contribution in [2.24, 2.45) is 0 Å². The van der Waals surface area contributed by atoms with E-state index in [0.29, 0.717) is 5.92 Å². The SMILES string of the molecule is CC1(c2cnc(C3CCNC3)o2)CCCC1. The first-order valence-corrected chi connectivity index (χ1v) is 6.45. The summed E-state index contributed by atoms with van der Waals surface area (Å²) in [4.78, 5) is 4.48. The van der Waals surface area contributed by atoms with E-state index in [9.17, 15) is 0 Å². The lowest BCUT2D eigenvalue weighted by molar-refractivity contribution is 0.338. The van der Waals surface area contributed by atoms with Crippen LogP contribution < -0.4 is 5.32 Å². The molecule has 1 atom stereocenters. The smallest absolute Gasteiger partial charge is 0.198 e. The largest absolute Gasteiger partial charge is 0.445 e. The molecule has 1 aromatic heterocycles. The Balaban J connectivity index is 1.81. The van der Waals surface area contributed by atoms with Gasteiger partial charge in [0.2, 0.25) is 0 Å². The van der Waals surface area contributed by atoms with Crippen LogP contribution >= 0.6 is 0 Å². The molecule has 2 heterocycles. The minimum Gasteiger partial charge on any atom is -0.445 e. The van der Waals surface area contributed by atoms with E-state index < -0.39 is 0 Å². The lowest BCUT2D eigenvalue weighted by Gasteiger charge is -2.19. The lowest BCUT2D eigenvalue weighted by atomic mass is 9.87. The van der Waals surface area contributed by atoms with Crippen LogP contribution in [0.1, 0.15) is 56.6 Å². The molecule has 1 unspecified atom stereocenters. The number of nitrogens with zero attached hydrogens (tertiary/aromatic N) is 1. The molecule has 1 aromatic rings. The molecule has 3 heteroatoms. The highest BCUT2D eigenvalue weighted by molar-refractivity contribution is 5.13. The van der Waals surface area contributed by atoms with Crippen LogP contribution in [0, 0.1) is 0 Å². The highest BCUT2D eigenvalue weighted by Crippen LogP contribution is 2.41. The predicted octanol–water partition coefficient (Wildman–Crippen LogP) is 2.58. The van der Waals surface area contributed by atoms with Crippen molar-refractivity contribution in [3.05, 3.63) is 17.8 Å². The highest BCUT2D eigenvalue weighted by Gasteiger charge is 2.35. The quantitative estimate of drug-likeness (QED) is 0.832. The molecular weight excluding hydrogens is 200 g/mol. The molecule has 1 aliphatic carbocycles. The first-order valence-electron chi connectivity index (χ1n) is 6.45. The fourth-order valence-electron chi connectivity index (χ4n) is 3.02. The first-order chi connectivity index (χ1) is 7.78. The minimum atomic E-state index is 0.261. The van der Waals surface area contributed by atoms with E-state index >= 15 is 0 Å². The molecule has 1 saturated heterocycles. The Labute approximate surface area is 96.6 Å². The molecule has 0 aromatic carbocycles. The monoisotopic (exact) mass is 220 g/mol. The van der Waals surface area contributed by atoms with Gasteiger partial charge in [0.15, 0.2) is 5.89 Å². The average molecular weight is 220 g/mol. The van der Waals surface area contributed by atoms with Crippen molar-refractivity contribution in [3.63, 3.8) is 0 Å². The third-order valence-electron chi connectivity index (χ3n) is 4.24. The Hall–Kier alpha value is -0.830. The van der Waals surface area contributed by atoms with Crippen molar-refractivity contribution in [2.75, 3.05) is 13.1 Å². The maximum atomic E-state index is 6.00. The Bertz CT molecular complexity index is 360. The number of nitrogens with one attached hydrogen (secondary N) is 1. The minimum absolute atomic E-state index is 0.261. The topological polar surface area (TPSA) is 38.1 Å². The zero-order valence-electron chi connectivity index (χ0n) is 9.96. The summed E-state index contributed by atoms with van der Waals surface area (Å²) in [6.45, 7) is 4.44. The molecule has 88 valence electrons. The average Bonchev–Trinajstić information content (AvgIpc) is 2.98. The van der Waals surface area contributed by atoms with Gasteiger partial charge in [0, 0.05) is 17.9 Å². The summed E-state index contributed by atoms with van der Waals surface area (Å²) in [6.07, 6.45) is 8.31.